The second-order valence-corrected chi connectivity index (χ2v) is 11.1. The van der Waals surface area contributed by atoms with E-state index in [-0.39, 0.29) is 34.8 Å². The molecule has 0 unspecified atom stereocenters. The van der Waals surface area contributed by atoms with Gasteiger partial charge >= 0.3 is 5.97 Å². The summed E-state index contributed by atoms with van der Waals surface area (Å²) in [4.78, 5) is 25.1. The number of benzene rings is 2. The van der Waals surface area contributed by atoms with Crippen LogP contribution in [0.4, 0.5) is 5.69 Å². The van der Waals surface area contributed by atoms with E-state index >= 15 is 0 Å². The van der Waals surface area contributed by atoms with Crippen molar-refractivity contribution in [2.45, 2.75) is 17.9 Å². The summed E-state index contributed by atoms with van der Waals surface area (Å²) in [6.07, 6.45) is -0.139. The second kappa shape index (κ2) is 10.00. The van der Waals surface area contributed by atoms with Gasteiger partial charge in [-0.3, -0.25) is 9.52 Å². The molecular formula is C21H24N2O8S2. The number of anilines is 1. The number of Topliss-reactive ketones (excluding diaryl/α,β-unsaturated/α-hetero) is 1. The molecule has 0 bridgehead atoms. The molecule has 0 radical (unpaired) electrons. The average molecular weight is 497 g/mol. The SMILES string of the molecule is C[C@H](OC(=O)c1cccc(S(=O)(=O)N2CCOCC2)c1)C(=O)c1ccc(NS(C)(=O)=O)cc1. The lowest BCUT2D eigenvalue weighted by Gasteiger charge is -2.26. The fourth-order valence-corrected chi connectivity index (χ4v) is 5.17. The Hall–Kier alpha value is -2.80. The molecule has 0 aromatic heterocycles. The predicted octanol–water partition coefficient (Wildman–Crippen LogP) is 1.51. The van der Waals surface area contributed by atoms with E-state index in [9.17, 15) is 26.4 Å². The van der Waals surface area contributed by atoms with E-state index in [2.05, 4.69) is 4.72 Å². The summed E-state index contributed by atoms with van der Waals surface area (Å²) >= 11 is 0. The largest absolute Gasteiger partial charge is 0.451 e. The number of nitrogens with one attached hydrogen (secondary N) is 1. The lowest BCUT2D eigenvalue weighted by molar-refractivity contribution is 0.0318. The van der Waals surface area contributed by atoms with Crippen LogP contribution in [0.3, 0.4) is 0 Å². The number of morpholine rings is 1. The van der Waals surface area contributed by atoms with Crippen LogP contribution in [-0.2, 0) is 29.5 Å². The van der Waals surface area contributed by atoms with Gasteiger partial charge in [0, 0.05) is 24.3 Å². The summed E-state index contributed by atoms with van der Waals surface area (Å²) in [5, 5.41) is 0. The molecule has 0 saturated carbocycles. The number of rotatable bonds is 8. The third kappa shape index (κ3) is 6.38. The summed E-state index contributed by atoms with van der Waals surface area (Å²) in [7, 11) is -7.24. The Morgan fingerprint density at radius 2 is 1.64 bits per heavy atom. The second-order valence-electron chi connectivity index (χ2n) is 7.41. The van der Waals surface area contributed by atoms with E-state index in [0.717, 1.165) is 6.26 Å². The smallest absolute Gasteiger partial charge is 0.338 e. The first-order valence-electron chi connectivity index (χ1n) is 9.98. The van der Waals surface area contributed by atoms with E-state index in [1.807, 2.05) is 0 Å². The van der Waals surface area contributed by atoms with Crippen molar-refractivity contribution < 1.29 is 35.9 Å². The molecule has 1 aliphatic rings. The zero-order chi connectivity index (χ0) is 24.2. The van der Waals surface area contributed by atoms with Gasteiger partial charge < -0.3 is 9.47 Å². The van der Waals surface area contributed by atoms with Crippen LogP contribution in [0.5, 0.6) is 0 Å². The highest BCUT2D eigenvalue weighted by Crippen LogP contribution is 2.20. The molecule has 12 heteroatoms. The first-order chi connectivity index (χ1) is 15.5. The zero-order valence-electron chi connectivity index (χ0n) is 18.1. The Labute approximate surface area is 192 Å². The van der Waals surface area contributed by atoms with Gasteiger partial charge in [-0.2, -0.15) is 4.31 Å². The van der Waals surface area contributed by atoms with Gasteiger partial charge in [-0.1, -0.05) is 6.07 Å². The Morgan fingerprint density at radius 3 is 2.24 bits per heavy atom. The summed E-state index contributed by atoms with van der Waals surface area (Å²) in [6, 6.07) is 11.1. The molecule has 33 heavy (non-hydrogen) atoms. The molecule has 1 aliphatic heterocycles. The molecule has 3 rings (SSSR count). The van der Waals surface area contributed by atoms with E-state index in [1.54, 1.807) is 0 Å². The number of ether oxygens (including phenoxy) is 2. The Morgan fingerprint density at radius 1 is 1.00 bits per heavy atom. The molecule has 2 aromatic carbocycles. The monoisotopic (exact) mass is 496 g/mol. The van der Waals surface area contributed by atoms with Crippen LogP contribution in [0, 0.1) is 0 Å². The molecular weight excluding hydrogens is 472 g/mol. The first-order valence-corrected chi connectivity index (χ1v) is 13.3. The third-order valence-electron chi connectivity index (χ3n) is 4.80. The summed E-state index contributed by atoms with van der Waals surface area (Å²) in [5.41, 5.74) is 0.506. The van der Waals surface area contributed by atoms with Gasteiger partial charge in [-0.25, -0.2) is 21.6 Å². The highest BCUT2D eigenvalue weighted by atomic mass is 32.2. The maximum Gasteiger partial charge on any atom is 0.338 e. The molecule has 0 aliphatic carbocycles. The minimum Gasteiger partial charge on any atom is -0.451 e. The van der Waals surface area contributed by atoms with Crippen molar-refractivity contribution in [3.05, 3.63) is 59.7 Å². The third-order valence-corrected chi connectivity index (χ3v) is 7.30. The number of nitrogens with zero attached hydrogens (tertiary/aromatic N) is 1. The molecule has 1 N–H and O–H groups in total. The standard InChI is InChI=1S/C21H24N2O8S2/c1-15(20(24)16-6-8-18(9-7-16)22-32(2,26)27)31-21(25)17-4-3-5-19(14-17)33(28,29)23-10-12-30-13-11-23/h3-9,14-15,22H,10-13H2,1-2H3/t15-/m0/s1. The van der Waals surface area contributed by atoms with E-state index in [4.69, 9.17) is 9.47 Å². The molecule has 1 atom stereocenters. The van der Waals surface area contributed by atoms with Crippen LogP contribution in [0.25, 0.3) is 0 Å². The summed E-state index contributed by atoms with van der Waals surface area (Å²) < 4.78 is 62.2. The Bertz CT molecular complexity index is 1240. The van der Waals surface area contributed by atoms with Gasteiger partial charge in [0.25, 0.3) is 0 Å². The van der Waals surface area contributed by atoms with Crippen molar-refractivity contribution in [3.8, 4) is 0 Å². The molecule has 1 saturated heterocycles. The van der Waals surface area contributed by atoms with Gasteiger partial charge in [0.2, 0.25) is 25.8 Å². The van der Waals surface area contributed by atoms with Crippen molar-refractivity contribution in [1.82, 2.24) is 4.31 Å². The van der Waals surface area contributed by atoms with E-state index < -0.39 is 37.9 Å². The minimum absolute atomic E-state index is 0.00307. The number of carbonyl (C=O) groups excluding carboxylic acids is 2. The van der Waals surface area contributed by atoms with E-state index in [1.165, 1.54) is 59.8 Å². The lowest BCUT2D eigenvalue weighted by atomic mass is 10.1. The topological polar surface area (TPSA) is 136 Å². The van der Waals surface area contributed by atoms with Gasteiger partial charge in [0.05, 0.1) is 29.9 Å². The van der Waals surface area contributed by atoms with Crippen molar-refractivity contribution in [1.29, 1.82) is 0 Å². The number of hydrogen-bond acceptors (Lipinski definition) is 8. The molecule has 0 amide bonds. The van der Waals surface area contributed by atoms with Crippen LogP contribution in [0.1, 0.15) is 27.6 Å². The Kier molecular flexibility index (Phi) is 7.52. The average Bonchev–Trinajstić information content (AvgIpc) is 2.78. The van der Waals surface area contributed by atoms with Crippen molar-refractivity contribution in [3.63, 3.8) is 0 Å². The van der Waals surface area contributed by atoms with Gasteiger partial charge in [-0.15, -0.1) is 0 Å². The highest BCUT2D eigenvalue weighted by molar-refractivity contribution is 7.92. The first kappa shape index (κ1) is 24.8. The molecule has 2 aromatic rings. The van der Waals surface area contributed by atoms with Crippen LogP contribution in [-0.4, -0.2) is 71.6 Å². The van der Waals surface area contributed by atoms with Crippen LogP contribution in [0.2, 0.25) is 0 Å². The van der Waals surface area contributed by atoms with Crippen molar-refractivity contribution >= 4 is 37.5 Å². The fourth-order valence-electron chi connectivity index (χ4n) is 3.15. The fraction of sp³-hybridized carbons (Fsp3) is 0.333. The molecule has 1 fully saturated rings. The highest BCUT2D eigenvalue weighted by Gasteiger charge is 2.27. The van der Waals surface area contributed by atoms with Gasteiger partial charge in [0.1, 0.15) is 0 Å². The molecule has 1 heterocycles. The molecule has 178 valence electrons. The number of esters is 1. The van der Waals surface area contributed by atoms with Gasteiger partial charge in [-0.05, 0) is 49.4 Å². The quantitative estimate of drug-likeness (QED) is 0.429. The number of carbonyl (C=O) groups is 2. The molecule has 0 spiro atoms. The normalized spacial score (nSPS) is 16.1. The number of sulfonamides is 2. The van der Waals surface area contributed by atoms with Crippen LogP contribution >= 0.6 is 0 Å². The molecule has 10 nitrogen and oxygen atoms in total. The van der Waals surface area contributed by atoms with Crippen molar-refractivity contribution in [2.24, 2.45) is 0 Å². The Balaban J connectivity index is 1.69. The zero-order valence-corrected chi connectivity index (χ0v) is 19.7. The van der Waals surface area contributed by atoms with Gasteiger partial charge in [0.15, 0.2) is 6.10 Å². The van der Waals surface area contributed by atoms with Crippen molar-refractivity contribution in [2.75, 3.05) is 37.3 Å². The summed E-state index contributed by atoms with van der Waals surface area (Å²) in [6.45, 7) is 2.44. The predicted molar refractivity (Wildman–Crippen MR) is 120 cm³/mol. The number of hydrogen-bond donors (Lipinski definition) is 1. The maximum atomic E-state index is 12.8. The van der Waals surface area contributed by atoms with Crippen LogP contribution < -0.4 is 4.72 Å². The minimum atomic E-state index is -3.79. The maximum absolute atomic E-state index is 12.8. The lowest BCUT2D eigenvalue weighted by Crippen LogP contribution is -2.40. The number of ketones is 1. The summed E-state index contributed by atoms with van der Waals surface area (Å²) in [5.74, 6) is -1.34. The van der Waals surface area contributed by atoms with E-state index in [0.29, 0.717) is 13.2 Å². The van der Waals surface area contributed by atoms with Crippen LogP contribution in [0.15, 0.2) is 53.4 Å².